The number of nitrogens with zero attached hydrogens (tertiary/aromatic N) is 3. The number of imidazole rings is 1. The lowest BCUT2D eigenvalue weighted by molar-refractivity contribution is -0.141. The first-order valence-electron chi connectivity index (χ1n) is 10.2. The van der Waals surface area contributed by atoms with Crippen molar-refractivity contribution in [1.82, 2.24) is 14.4 Å². The lowest BCUT2D eigenvalue weighted by atomic mass is 10.0. The summed E-state index contributed by atoms with van der Waals surface area (Å²) in [6.07, 6.45) is -2.42. The zero-order valence-corrected chi connectivity index (χ0v) is 17.2. The highest BCUT2D eigenvalue weighted by Gasteiger charge is 2.33. The molecule has 170 valence electrons. The monoisotopic (exact) mass is 451 g/mol. The smallest absolute Gasteiger partial charge is 0.433 e. The Bertz CT molecular complexity index is 1120. The van der Waals surface area contributed by atoms with Gasteiger partial charge < -0.3 is 13.9 Å². The Morgan fingerprint density at radius 2 is 2.12 bits per heavy atom. The van der Waals surface area contributed by atoms with Gasteiger partial charge in [0.15, 0.2) is 5.78 Å². The zero-order valence-electron chi connectivity index (χ0n) is 17.2. The number of hydrogen-bond donors (Lipinski definition) is 0. The van der Waals surface area contributed by atoms with Crippen LogP contribution in [0.1, 0.15) is 47.0 Å². The number of ether oxygens (including phenoxy) is 2. The Hall–Kier alpha value is -3.01. The van der Waals surface area contributed by atoms with E-state index in [9.17, 15) is 22.4 Å². The highest BCUT2D eigenvalue weighted by molar-refractivity contribution is 5.96. The van der Waals surface area contributed by atoms with Crippen molar-refractivity contribution in [3.63, 3.8) is 0 Å². The summed E-state index contributed by atoms with van der Waals surface area (Å²) in [6.45, 7) is 2.92. The average Bonchev–Trinajstić information content (AvgIpc) is 3.43. The molecule has 1 saturated heterocycles. The SMILES string of the molecule is CCOc1cc2nc(C(F)[C@@H]3CCOC3)cn2cc1CC(=O)c1cccc(C(F)(F)F)n1. The predicted octanol–water partition coefficient (Wildman–Crippen LogP) is 4.62. The van der Waals surface area contributed by atoms with E-state index in [0.29, 0.717) is 43.2 Å². The van der Waals surface area contributed by atoms with Crippen LogP contribution in [0.15, 0.2) is 36.7 Å². The van der Waals surface area contributed by atoms with Gasteiger partial charge in [-0.3, -0.25) is 4.79 Å². The molecule has 3 aromatic heterocycles. The molecular formula is C22H21F4N3O3. The number of hydrogen-bond acceptors (Lipinski definition) is 5. The fourth-order valence-electron chi connectivity index (χ4n) is 3.67. The number of carbonyl (C=O) groups is 1. The van der Waals surface area contributed by atoms with E-state index in [4.69, 9.17) is 9.47 Å². The fourth-order valence-corrected chi connectivity index (χ4v) is 3.67. The highest BCUT2D eigenvalue weighted by Crippen LogP contribution is 2.33. The van der Waals surface area contributed by atoms with Crippen LogP contribution in [-0.2, 0) is 17.3 Å². The molecule has 0 saturated carbocycles. The minimum absolute atomic E-state index is 0.234. The zero-order chi connectivity index (χ0) is 22.9. The van der Waals surface area contributed by atoms with Gasteiger partial charge in [-0.2, -0.15) is 13.2 Å². The fraction of sp³-hybridized carbons (Fsp3) is 0.409. The van der Waals surface area contributed by atoms with Crippen molar-refractivity contribution < 1.29 is 31.8 Å². The third-order valence-electron chi connectivity index (χ3n) is 5.29. The van der Waals surface area contributed by atoms with Crippen LogP contribution >= 0.6 is 0 Å². The molecule has 1 fully saturated rings. The molecule has 1 aliphatic heterocycles. The van der Waals surface area contributed by atoms with Crippen LogP contribution in [0.5, 0.6) is 5.75 Å². The van der Waals surface area contributed by atoms with E-state index in [1.54, 1.807) is 29.8 Å². The Kier molecular flexibility index (Phi) is 6.14. The van der Waals surface area contributed by atoms with Gasteiger partial charge in [0.1, 0.15) is 29.0 Å². The lowest BCUT2D eigenvalue weighted by Gasteiger charge is -2.11. The van der Waals surface area contributed by atoms with Crippen molar-refractivity contribution >= 4 is 11.4 Å². The van der Waals surface area contributed by atoms with Gasteiger partial charge in [0.05, 0.1) is 18.9 Å². The summed E-state index contributed by atoms with van der Waals surface area (Å²) in [5, 5.41) is 0. The summed E-state index contributed by atoms with van der Waals surface area (Å²) in [7, 11) is 0. The molecule has 0 radical (unpaired) electrons. The second kappa shape index (κ2) is 8.85. The molecule has 0 N–H and O–H groups in total. The van der Waals surface area contributed by atoms with Crippen LogP contribution in [0.4, 0.5) is 17.6 Å². The summed E-state index contributed by atoms with van der Waals surface area (Å²) in [5.41, 5.74) is -0.289. The van der Waals surface area contributed by atoms with Crippen molar-refractivity contribution in [2.45, 2.75) is 32.1 Å². The summed E-state index contributed by atoms with van der Waals surface area (Å²) >= 11 is 0. The first kappa shape index (κ1) is 22.2. The topological polar surface area (TPSA) is 65.7 Å². The standard InChI is InChI=1S/C22H21F4N3O3/c1-2-32-18-9-20-28-16(21(23)13-6-7-31-12-13)11-29(20)10-14(18)8-17(30)15-4-3-5-19(27-15)22(24,25)26/h3-5,9-11,13,21H,2,6-8,12H2,1H3/t13-,21?/m1/s1. The van der Waals surface area contributed by atoms with Crippen LogP contribution in [0, 0.1) is 5.92 Å². The number of alkyl halides is 4. The quantitative estimate of drug-likeness (QED) is 0.388. The Labute approximate surface area is 181 Å². The molecule has 2 atom stereocenters. The summed E-state index contributed by atoms with van der Waals surface area (Å²) in [4.78, 5) is 20.5. The number of halogens is 4. The van der Waals surface area contributed by atoms with Crippen molar-refractivity contribution in [2.24, 2.45) is 5.92 Å². The molecular weight excluding hydrogens is 430 g/mol. The van der Waals surface area contributed by atoms with Crippen LogP contribution in [-0.4, -0.2) is 40.0 Å². The molecule has 0 amide bonds. The first-order chi connectivity index (χ1) is 15.3. The van der Waals surface area contributed by atoms with Gasteiger partial charge in [-0.05, 0) is 25.5 Å². The number of carbonyl (C=O) groups excluding carboxylic acids is 1. The Balaban J connectivity index is 1.63. The summed E-state index contributed by atoms with van der Waals surface area (Å²) in [5.74, 6) is -0.500. The van der Waals surface area contributed by atoms with Gasteiger partial charge in [0.25, 0.3) is 0 Å². The number of fused-ring (bicyclic) bond motifs is 1. The highest BCUT2D eigenvalue weighted by atomic mass is 19.4. The molecule has 4 rings (SSSR count). The van der Waals surface area contributed by atoms with E-state index in [-0.39, 0.29) is 23.7 Å². The van der Waals surface area contributed by atoms with Crippen molar-refractivity contribution in [2.75, 3.05) is 19.8 Å². The Morgan fingerprint density at radius 3 is 2.81 bits per heavy atom. The van der Waals surface area contributed by atoms with Gasteiger partial charge in [0, 0.05) is 43.0 Å². The van der Waals surface area contributed by atoms with E-state index < -0.39 is 23.8 Å². The Morgan fingerprint density at radius 1 is 1.31 bits per heavy atom. The van der Waals surface area contributed by atoms with E-state index in [1.165, 1.54) is 6.07 Å². The summed E-state index contributed by atoms with van der Waals surface area (Å²) in [6, 6.07) is 4.78. The maximum atomic E-state index is 14.9. The van der Waals surface area contributed by atoms with Crippen molar-refractivity contribution in [1.29, 1.82) is 0 Å². The van der Waals surface area contributed by atoms with Crippen LogP contribution in [0.2, 0.25) is 0 Å². The van der Waals surface area contributed by atoms with Gasteiger partial charge in [0.2, 0.25) is 0 Å². The number of rotatable bonds is 7. The van der Waals surface area contributed by atoms with E-state index in [0.717, 1.165) is 12.1 Å². The molecule has 32 heavy (non-hydrogen) atoms. The molecule has 1 aliphatic rings. The molecule has 0 aromatic carbocycles. The van der Waals surface area contributed by atoms with Crippen LogP contribution < -0.4 is 4.74 Å². The van der Waals surface area contributed by atoms with Crippen molar-refractivity contribution in [3.05, 3.63) is 59.3 Å². The minimum atomic E-state index is -4.65. The molecule has 0 spiro atoms. The molecule has 6 nitrogen and oxygen atoms in total. The molecule has 0 bridgehead atoms. The maximum Gasteiger partial charge on any atom is 0.433 e. The van der Waals surface area contributed by atoms with Gasteiger partial charge in [-0.25, -0.2) is 14.4 Å². The number of pyridine rings is 2. The predicted molar refractivity (Wildman–Crippen MR) is 106 cm³/mol. The van der Waals surface area contributed by atoms with Gasteiger partial charge in [-0.1, -0.05) is 6.07 Å². The van der Waals surface area contributed by atoms with Gasteiger partial charge in [-0.15, -0.1) is 0 Å². The minimum Gasteiger partial charge on any atom is -0.493 e. The van der Waals surface area contributed by atoms with E-state index in [1.807, 2.05) is 0 Å². The van der Waals surface area contributed by atoms with Crippen LogP contribution in [0.25, 0.3) is 5.65 Å². The van der Waals surface area contributed by atoms with Gasteiger partial charge >= 0.3 is 6.18 Å². The average molecular weight is 451 g/mol. The normalized spacial score (nSPS) is 17.6. The lowest BCUT2D eigenvalue weighted by Crippen LogP contribution is -2.13. The molecule has 0 aliphatic carbocycles. The number of aromatic nitrogens is 3. The van der Waals surface area contributed by atoms with Crippen LogP contribution in [0.3, 0.4) is 0 Å². The first-order valence-corrected chi connectivity index (χ1v) is 10.2. The summed E-state index contributed by atoms with van der Waals surface area (Å²) < 4.78 is 66.1. The number of Topliss-reactive ketones (excluding diaryl/α,β-unsaturated/α-hetero) is 1. The molecule has 4 heterocycles. The molecule has 10 heteroatoms. The third-order valence-corrected chi connectivity index (χ3v) is 5.29. The van der Waals surface area contributed by atoms with E-state index >= 15 is 0 Å². The maximum absolute atomic E-state index is 14.9. The second-order valence-electron chi connectivity index (χ2n) is 7.56. The third kappa shape index (κ3) is 4.59. The molecule has 3 aromatic rings. The number of ketones is 1. The largest absolute Gasteiger partial charge is 0.493 e. The van der Waals surface area contributed by atoms with E-state index in [2.05, 4.69) is 9.97 Å². The molecule has 1 unspecified atom stereocenters. The second-order valence-corrected chi connectivity index (χ2v) is 7.56. The van der Waals surface area contributed by atoms with Crippen molar-refractivity contribution in [3.8, 4) is 5.75 Å².